The Kier molecular flexibility index (Phi) is 3.83. The fourth-order valence-corrected chi connectivity index (χ4v) is 2.45. The summed E-state index contributed by atoms with van der Waals surface area (Å²) in [7, 11) is 3.09. The van der Waals surface area contributed by atoms with Crippen LogP contribution in [0.15, 0.2) is 40.4 Å². The number of hydrogen-bond donors (Lipinski definition) is 2. The third-order valence-electron chi connectivity index (χ3n) is 3.47. The highest BCUT2D eigenvalue weighted by Gasteiger charge is 2.27. The van der Waals surface area contributed by atoms with Gasteiger partial charge in [0.15, 0.2) is 0 Å². The first-order valence-corrected chi connectivity index (χ1v) is 7.16. The van der Waals surface area contributed by atoms with E-state index in [4.69, 9.17) is 26.2 Å². The zero-order valence-corrected chi connectivity index (χ0v) is 13.3. The Labute approximate surface area is 137 Å². The SMILES string of the molecule is COc1ccc(-c2ccc(/C=C3/NC(=N)N(C)C3=O)o2)cc1Cl. The molecule has 1 aliphatic rings. The van der Waals surface area contributed by atoms with Gasteiger partial charge in [-0.25, -0.2) is 0 Å². The lowest BCUT2D eigenvalue weighted by Crippen LogP contribution is -2.26. The molecule has 3 rings (SSSR count). The van der Waals surface area contributed by atoms with Gasteiger partial charge in [0.05, 0.1) is 12.1 Å². The average molecular weight is 332 g/mol. The number of furan rings is 1. The van der Waals surface area contributed by atoms with Gasteiger partial charge in [-0.15, -0.1) is 0 Å². The molecule has 0 radical (unpaired) electrons. The number of guanidine groups is 1. The van der Waals surface area contributed by atoms with Gasteiger partial charge < -0.3 is 14.5 Å². The Hall–Kier alpha value is -2.73. The van der Waals surface area contributed by atoms with E-state index < -0.39 is 0 Å². The number of nitrogens with one attached hydrogen (secondary N) is 2. The Bertz CT molecular complexity index is 826. The highest BCUT2D eigenvalue weighted by atomic mass is 35.5. The highest BCUT2D eigenvalue weighted by Crippen LogP contribution is 2.31. The lowest BCUT2D eigenvalue weighted by Gasteiger charge is -2.04. The normalized spacial score (nSPS) is 16.1. The molecule has 0 spiro atoms. The number of methoxy groups -OCH3 is 1. The molecule has 23 heavy (non-hydrogen) atoms. The maximum Gasteiger partial charge on any atom is 0.276 e. The number of carbonyl (C=O) groups is 1. The third kappa shape index (κ3) is 2.80. The van der Waals surface area contributed by atoms with Crippen LogP contribution < -0.4 is 10.1 Å². The van der Waals surface area contributed by atoms with Crippen molar-refractivity contribution in [2.24, 2.45) is 0 Å². The van der Waals surface area contributed by atoms with Gasteiger partial charge in [-0.3, -0.25) is 15.1 Å². The summed E-state index contributed by atoms with van der Waals surface area (Å²) in [5.74, 6) is 1.48. The van der Waals surface area contributed by atoms with Gasteiger partial charge >= 0.3 is 0 Å². The van der Waals surface area contributed by atoms with Crippen LogP contribution in [0, 0.1) is 5.41 Å². The lowest BCUT2D eigenvalue weighted by molar-refractivity contribution is -0.121. The largest absolute Gasteiger partial charge is 0.495 e. The first-order chi connectivity index (χ1) is 11.0. The maximum absolute atomic E-state index is 11.9. The number of halogens is 1. The Balaban J connectivity index is 1.88. The minimum Gasteiger partial charge on any atom is -0.495 e. The van der Waals surface area contributed by atoms with E-state index in [1.54, 1.807) is 37.5 Å². The minimum absolute atomic E-state index is 0.0370. The lowest BCUT2D eigenvalue weighted by atomic mass is 10.2. The van der Waals surface area contributed by atoms with E-state index in [9.17, 15) is 4.79 Å². The van der Waals surface area contributed by atoms with Gasteiger partial charge in [0.25, 0.3) is 5.91 Å². The first kappa shape index (κ1) is 15.2. The molecule has 1 fully saturated rings. The minimum atomic E-state index is -0.277. The number of likely N-dealkylation sites (N-methyl/N-ethyl adjacent to an activating group) is 1. The predicted octanol–water partition coefficient (Wildman–Crippen LogP) is 2.95. The molecule has 2 N–H and O–H groups in total. The van der Waals surface area contributed by atoms with Crippen LogP contribution in [0.1, 0.15) is 5.76 Å². The average Bonchev–Trinajstić information content (AvgIpc) is 3.09. The topological polar surface area (TPSA) is 78.6 Å². The van der Waals surface area contributed by atoms with Crippen molar-refractivity contribution in [2.75, 3.05) is 14.2 Å². The summed E-state index contributed by atoms with van der Waals surface area (Å²) in [5, 5.41) is 10.8. The molecule has 0 aliphatic carbocycles. The zero-order valence-electron chi connectivity index (χ0n) is 12.5. The quantitative estimate of drug-likeness (QED) is 0.848. The molecule has 1 aliphatic heterocycles. The number of carbonyl (C=O) groups excluding carboxylic acids is 1. The van der Waals surface area contributed by atoms with Crippen LogP contribution >= 0.6 is 11.6 Å². The number of ether oxygens (including phenoxy) is 1. The summed E-state index contributed by atoms with van der Waals surface area (Å²) >= 11 is 6.11. The molecule has 1 aromatic heterocycles. The number of benzene rings is 1. The second-order valence-corrected chi connectivity index (χ2v) is 5.35. The van der Waals surface area contributed by atoms with Gasteiger partial charge in [0, 0.05) is 18.7 Å². The molecular formula is C16H14ClN3O3. The number of hydrogen-bond acceptors (Lipinski definition) is 4. The van der Waals surface area contributed by atoms with Crippen molar-refractivity contribution in [1.29, 1.82) is 5.41 Å². The van der Waals surface area contributed by atoms with E-state index in [2.05, 4.69) is 5.32 Å². The molecule has 0 atom stereocenters. The van der Waals surface area contributed by atoms with Crippen molar-refractivity contribution in [2.45, 2.75) is 0 Å². The Morgan fingerprint density at radius 2 is 2.13 bits per heavy atom. The summed E-state index contributed by atoms with van der Waals surface area (Å²) in [6, 6.07) is 8.88. The second-order valence-electron chi connectivity index (χ2n) is 4.95. The van der Waals surface area contributed by atoms with Crippen LogP contribution in [0.25, 0.3) is 17.4 Å². The van der Waals surface area contributed by atoms with E-state index in [1.165, 1.54) is 11.9 Å². The van der Waals surface area contributed by atoms with Gasteiger partial charge in [-0.2, -0.15) is 0 Å². The third-order valence-corrected chi connectivity index (χ3v) is 3.77. The van der Waals surface area contributed by atoms with Crippen molar-refractivity contribution < 1.29 is 13.9 Å². The smallest absolute Gasteiger partial charge is 0.276 e. The van der Waals surface area contributed by atoms with E-state index in [-0.39, 0.29) is 11.9 Å². The van der Waals surface area contributed by atoms with Crippen LogP contribution in [-0.2, 0) is 4.79 Å². The molecule has 6 nitrogen and oxygen atoms in total. The molecule has 0 saturated carbocycles. The van der Waals surface area contributed by atoms with Crippen LogP contribution in [-0.4, -0.2) is 30.9 Å². The molecule has 7 heteroatoms. The fraction of sp³-hybridized carbons (Fsp3) is 0.125. The highest BCUT2D eigenvalue weighted by molar-refractivity contribution is 6.32. The van der Waals surface area contributed by atoms with Crippen molar-refractivity contribution in [3.05, 3.63) is 46.8 Å². The van der Waals surface area contributed by atoms with Crippen LogP contribution in [0.4, 0.5) is 0 Å². The monoisotopic (exact) mass is 331 g/mol. The van der Waals surface area contributed by atoms with Crippen LogP contribution in [0.5, 0.6) is 5.75 Å². The summed E-state index contributed by atoms with van der Waals surface area (Å²) < 4.78 is 10.8. The summed E-state index contributed by atoms with van der Waals surface area (Å²) in [5.41, 5.74) is 1.10. The number of amides is 1. The van der Waals surface area contributed by atoms with Crippen molar-refractivity contribution >= 4 is 29.5 Å². The van der Waals surface area contributed by atoms with E-state index in [0.717, 1.165) is 5.56 Å². The van der Waals surface area contributed by atoms with Crippen LogP contribution in [0.3, 0.4) is 0 Å². The molecule has 1 saturated heterocycles. The summed E-state index contributed by atoms with van der Waals surface area (Å²) in [6.07, 6.45) is 1.56. The van der Waals surface area contributed by atoms with Gasteiger partial charge in [0.1, 0.15) is 23.0 Å². The van der Waals surface area contributed by atoms with Crippen molar-refractivity contribution in [3.8, 4) is 17.1 Å². The van der Waals surface area contributed by atoms with E-state index in [0.29, 0.717) is 28.0 Å². The summed E-state index contributed by atoms with van der Waals surface area (Å²) in [4.78, 5) is 13.1. The molecule has 118 valence electrons. The standard InChI is InChI=1S/C16H14ClN3O3/c1-20-15(21)12(19-16(20)18)8-10-4-6-13(23-10)9-3-5-14(22-2)11(17)7-9/h3-8H,1-2H3,(H2,18,19)/b12-8+. The molecule has 2 aromatic rings. The Morgan fingerprint density at radius 1 is 1.35 bits per heavy atom. The second kappa shape index (κ2) is 5.81. The van der Waals surface area contributed by atoms with Gasteiger partial charge in [-0.05, 0) is 30.3 Å². The molecule has 2 heterocycles. The Morgan fingerprint density at radius 3 is 2.74 bits per heavy atom. The molecule has 0 unspecified atom stereocenters. The fourth-order valence-electron chi connectivity index (χ4n) is 2.19. The molecule has 0 bridgehead atoms. The van der Waals surface area contributed by atoms with Crippen molar-refractivity contribution in [3.63, 3.8) is 0 Å². The number of nitrogens with zero attached hydrogens (tertiary/aromatic N) is 1. The first-order valence-electron chi connectivity index (χ1n) is 6.78. The van der Waals surface area contributed by atoms with E-state index in [1.807, 2.05) is 6.07 Å². The zero-order chi connectivity index (χ0) is 16.6. The molecular weight excluding hydrogens is 318 g/mol. The molecule has 1 aromatic carbocycles. The maximum atomic E-state index is 11.9. The molecule has 1 amide bonds. The summed E-state index contributed by atoms with van der Waals surface area (Å²) in [6.45, 7) is 0. The van der Waals surface area contributed by atoms with Gasteiger partial charge in [0.2, 0.25) is 5.96 Å². The van der Waals surface area contributed by atoms with E-state index >= 15 is 0 Å². The van der Waals surface area contributed by atoms with Crippen LogP contribution in [0.2, 0.25) is 5.02 Å². The number of rotatable bonds is 3. The van der Waals surface area contributed by atoms with Gasteiger partial charge in [-0.1, -0.05) is 11.6 Å². The van der Waals surface area contributed by atoms with Crippen molar-refractivity contribution in [1.82, 2.24) is 10.2 Å². The predicted molar refractivity (Wildman–Crippen MR) is 87.3 cm³/mol.